The number of aliphatic hydroxyl groups is 2. The Hall–Kier alpha value is -0.650. The first-order valence-corrected chi connectivity index (χ1v) is 3.27. The number of carboxylic acids is 1. The van der Waals surface area contributed by atoms with Crippen LogP contribution in [0.4, 0.5) is 0 Å². The van der Waals surface area contributed by atoms with Crippen LogP contribution in [-0.2, 0) is 9.53 Å². The van der Waals surface area contributed by atoms with Gasteiger partial charge in [0.15, 0.2) is 6.10 Å². The van der Waals surface area contributed by atoms with E-state index in [0.717, 1.165) is 0 Å². The summed E-state index contributed by atoms with van der Waals surface area (Å²) >= 11 is 0. The van der Waals surface area contributed by atoms with Gasteiger partial charge in [0.05, 0.1) is 6.61 Å². The zero-order valence-corrected chi connectivity index (χ0v) is 5.86. The lowest BCUT2D eigenvalue weighted by molar-refractivity contribution is -0.163. The van der Waals surface area contributed by atoms with Gasteiger partial charge in [-0.1, -0.05) is 0 Å². The summed E-state index contributed by atoms with van der Waals surface area (Å²) in [5.74, 6) is -1.42. The van der Waals surface area contributed by atoms with E-state index in [0.29, 0.717) is 6.61 Å². The molecule has 64 valence electrons. The topological polar surface area (TPSA) is 87.0 Å². The minimum absolute atomic E-state index is 0.111. The Morgan fingerprint density at radius 2 is 2.27 bits per heavy atom. The Balaban J connectivity index is 2.63. The molecule has 0 saturated carbocycles. The minimum atomic E-state index is -1.75. The second-order valence-electron chi connectivity index (χ2n) is 2.65. The molecule has 0 aromatic heterocycles. The predicted molar refractivity (Wildman–Crippen MR) is 34.0 cm³/mol. The lowest BCUT2D eigenvalue weighted by atomic mass is 9.96. The van der Waals surface area contributed by atoms with Crippen molar-refractivity contribution in [2.45, 2.75) is 18.1 Å². The van der Waals surface area contributed by atoms with Crippen LogP contribution < -0.4 is 0 Å². The van der Waals surface area contributed by atoms with Gasteiger partial charge in [-0.15, -0.1) is 0 Å². The molecular formula is C6H10O5. The Bertz CT molecular complexity index is 160. The van der Waals surface area contributed by atoms with Crippen LogP contribution in [0.1, 0.15) is 6.42 Å². The fourth-order valence-electron chi connectivity index (χ4n) is 1.02. The number of rotatable bonds is 2. The molecule has 0 aromatic rings. The first-order chi connectivity index (χ1) is 5.06. The number of ether oxygens (including phenoxy) is 1. The third kappa shape index (κ3) is 1.50. The maximum atomic E-state index is 10.2. The normalized spacial score (nSPS) is 33.6. The van der Waals surface area contributed by atoms with Crippen LogP contribution in [0, 0.1) is 0 Å². The molecule has 2 atom stereocenters. The van der Waals surface area contributed by atoms with Crippen LogP contribution in [0.5, 0.6) is 0 Å². The quantitative estimate of drug-likeness (QED) is 0.464. The first kappa shape index (κ1) is 8.45. The molecule has 1 aliphatic rings. The lowest BCUT2D eigenvalue weighted by Crippen LogP contribution is -2.47. The number of carboxylic acid groups (broad SMARTS) is 1. The van der Waals surface area contributed by atoms with Gasteiger partial charge in [-0.05, 0) is 0 Å². The van der Waals surface area contributed by atoms with E-state index in [2.05, 4.69) is 0 Å². The van der Waals surface area contributed by atoms with E-state index in [4.69, 9.17) is 14.9 Å². The summed E-state index contributed by atoms with van der Waals surface area (Å²) in [7, 11) is 0. The van der Waals surface area contributed by atoms with Crippen LogP contribution >= 0.6 is 0 Å². The summed E-state index contributed by atoms with van der Waals surface area (Å²) in [4.78, 5) is 10.2. The van der Waals surface area contributed by atoms with Crippen molar-refractivity contribution in [3.63, 3.8) is 0 Å². The van der Waals surface area contributed by atoms with Crippen molar-refractivity contribution in [3.8, 4) is 0 Å². The number of hydrogen-bond donors (Lipinski definition) is 3. The summed E-state index contributed by atoms with van der Waals surface area (Å²) in [6.45, 7) is 0.182. The Morgan fingerprint density at radius 1 is 1.64 bits per heavy atom. The van der Waals surface area contributed by atoms with Crippen molar-refractivity contribution in [1.29, 1.82) is 0 Å². The number of aliphatic hydroxyl groups excluding tert-OH is 1. The molecule has 1 heterocycles. The lowest BCUT2D eigenvalue weighted by Gasteiger charge is -2.22. The van der Waals surface area contributed by atoms with Crippen molar-refractivity contribution in [2.24, 2.45) is 0 Å². The van der Waals surface area contributed by atoms with E-state index in [1.807, 2.05) is 0 Å². The maximum absolute atomic E-state index is 10.2. The third-order valence-corrected chi connectivity index (χ3v) is 1.77. The molecule has 0 spiro atoms. The van der Waals surface area contributed by atoms with Crippen molar-refractivity contribution in [1.82, 2.24) is 0 Å². The molecule has 0 radical (unpaired) electrons. The average molecular weight is 162 g/mol. The standard InChI is InChI=1S/C6H10O5/c7-4(5(8)9)6(10)1-2-11-3-6/h4,7,10H,1-3H2,(H,8,9). The maximum Gasteiger partial charge on any atom is 0.335 e. The predicted octanol–water partition coefficient (Wildman–Crippen LogP) is -1.42. The molecule has 3 N–H and O–H groups in total. The summed E-state index contributed by atoms with van der Waals surface area (Å²) in [5, 5.41) is 26.7. The molecule has 0 amide bonds. The number of aliphatic carboxylic acids is 1. The Labute approximate surface area is 63.2 Å². The van der Waals surface area contributed by atoms with Crippen LogP contribution in [0.2, 0.25) is 0 Å². The highest BCUT2D eigenvalue weighted by Gasteiger charge is 2.43. The smallest absolute Gasteiger partial charge is 0.335 e. The molecule has 1 rings (SSSR count). The van der Waals surface area contributed by atoms with Gasteiger partial charge in [0, 0.05) is 13.0 Å². The fraction of sp³-hybridized carbons (Fsp3) is 0.833. The molecule has 1 saturated heterocycles. The van der Waals surface area contributed by atoms with E-state index in [9.17, 15) is 9.90 Å². The van der Waals surface area contributed by atoms with Gasteiger partial charge in [0.25, 0.3) is 0 Å². The molecule has 5 heteroatoms. The molecule has 1 fully saturated rings. The van der Waals surface area contributed by atoms with E-state index in [1.54, 1.807) is 0 Å². The summed E-state index contributed by atoms with van der Waals surface area (Å²) in [6.07, 6.45) is -1.58. The van der Waals surface area contributed by atoms with E-state index in [-0.39, 0.29) is 13.0 Å². The highest BCUT2D eigenvalue weighted by atomic mass is 16.5. The SMILES string of the molecule is O=C(O)C(O)C1(O)CCOC1. The van der Waals surface area contributed by atoms with Crippen LogP contribution in [0.15, 0.2) is 0 Å². The van der Waals surface area contributed by atoms with Crippen LogP contribution in [0.3, 0.4) is 0 Å². The van der Waals surface area contributed by atoms with Crippen molar-refractivity contribution >= 4 is 5.97 Å². The van der Waals surface area contributed by atoms with Crippen LogP contribution in [-0.4, -0.2) is 46.2 Å². The largest absolute Gasteiger partial charge is 0.479 e. The summed E-state index contributed by atoms with van der Waals surface area (Å²) in [5.41, 5.74) is -1.59. The van der Waals surface area contributed by atoms with E-state index in [1.165, 1.54) is 0 Å². The Kier molecular flexibility index (Phi) is 2.12. The monoisotopic (exact) mass is 162 g/mol. The van der Waals surface area contributed by atoms with Crippen molar-refractivity contribution in [2.75, 3.05) is 13.2 Å². The highest BCUT2D eigenvalue weighted by molar-refractivity contribution is 5.73. The van der Waals surface area contributed by atoms with Gasteiger partial charge >= 0.3 is 5.97 Å². The first-order valence-electron chi connectivity index (χ1n) is 3.27. The highest BCUT2D eigenvalue weighted by Crippen LogP contribution is 2.22. The molecule has 2 unspecified atom stereocenters. The van der Waals surface area contributed by atoms with Crippen LogP contribution in [0.25, 0.3) is 0 Å². The molecule has 0 bridgehead atoms. The minimum Gasteiger partial charge on any atom is -0.479 e. The van der Waals surface area contributed by atoms with Gasteiger partial charge in [0.1, 0.15) is 5.60 Å². The molecule has 0 aromatic carbocycles. The second kappa shape index (κ2) is 2.77. The summed E-state index contributed by atoms with van der Waals surface area (Å²) in [6, 6.07) is 0. The molecule has 5 nitrogen and oxygen atoms in total. The molecule has 1 aliphatic heterocycles. The summed E-state index contributed by atoms with van der Waals surface area (Å²) < 4.78 is 4.76. The Morgan fingerprint density at radius 3 is 2.64 bits per heavy atom. The van der Waals surface area contributed by atoms with Gasteiger partial charge in [-0.2, -0.15) is 0 Å². The van der Waals surface area contributed by atoms with Crippen molar-refractivity contribution < 1.29 is 24.9 Å². The van der Waals surface area contributed by atoms with Gasteiger partial charge < -0.3 is 20.1 Å². The van der Waals surface area contributed by atoms with Gasteiger partial charge in [-0.25, -0.2) is 4.79 Å². The van der Waals surface area contributed by atoms with Gasteiger partial charge in [-0.3, -0.25) is 0 Å². The molecule has 0 aliphatic carbocycles. The fourth-order valence-corrected chi connectivity index (χ4v) is 1.02. The molecule has 11 heavy (non-hydrogen) atoms. The second-order valence-corrected chi connectivity index (χ2v) is 2.65. The van der Waals surface area contributed by atoms with E-state index >= 15 is 0 Å². The number of hydrogen-bond acceptors (Lipinski definition) is 4. The average Bonchev–Trinajstić information content (AvgIpc) is 2.35. The van der Waals surface area contributed by atoms with Crippen molar-refractivity contribution in [3.05, 3.63) is 0 Å². The van der Waals surface area contributed by atoms with E-state index < -0.39 is 17.7 Å². The molecular weight excluding hydrogens is 152 g/mol. The number of carbonyl (C=O) groups is 1. The zero-order chi connectivity index (χ0) is 8.48. The van der Waals surface area contributed by atoms with Gasteiger partial charge in [0.2, 0.25) is 0 Å². The third-order valence-electron chi connectivity index (χ3n) is 1.77. The zero-order valence-electron chi connectivity index (χ0n) is 5.86.